The first-order valence-corrected chi connectivity index (χ1v) is 9.38. The van der Waals surface area contributed by atoms with Crippen LogP contribution in [0.2, 0.25) is 0 Å². The van der Waals surface area contributed by atoms with Crippen LogP contribution in [0.25, 0.3) is 0 Å². The second-order valence-corrected chi connectivity index (χ2v) is 7.80. The summed E-state index contributed by atoms with van der Waals surface area (Å²) in [4.78, 5) is 30.8. The van der Waals surface area contributed by atoms with Crippen LogP contribution in [0.5, 0.6) is 0 Å². The molecule has 2 heterocycles. The summed E-state index contributed by atoms with van der Waals surface area (Å²) in [6.07, 6.45) is 9.98. The van der Waals surface area contributed by atoms with Gasteiger partial charge in [0.2, 0.25) is 5.91 Å². The summed E-state index contributed by atoms with van der Waals surface area (Å²) in [6, 6.07) is 4.24. The van der Waals surface area contributed by atoms with Gasteiger partial charge in [0.25, 0.3) is 0 Å². The van der Waals surface area contributed by atoms with E-state index in [-0.39, 0.29) is 23.3 Å². The Bertz CT molecular complexity index is 644. The molecular weight excluding hydrogens is 316 g/mol. The van der Waals surface area contributed by atoms with E-state index in [0.717, 1.165) is 44.3 Å². The van der Waals surface area contributed by atoms with Gasteiger partial charge in [0, 0.05) is 49.4 Å². The highest BCUT2D eigenvalue weighted by atomic mass is 16.2. The lowest BCUT2D eigenvalue weighted by Crippen LogP contribution is -2.43. The zero-order chi connectivity index (χ0) is 17.3. The lowest BCUT2D eigenvalue weighted by molar-refractivity contribution is -0.123. The van der Waals surface area contributed by atoms with Gasteiger partial charge in [-0.25, -0.2) is 4.79 Å². The third kappa shape index (κ3) is 3.48. The van der Waals surface area contributed by atoms with Crippen LogP contribution in [-0.2, 0) is 11.3 Å². The van der Waals surface area contributed by atoms with Crippen LogP contribution in [0, 0.1) is 11.3 Å². The van der Waals surface area contributed by atoms with Crippen molar-refractivity contribution in [1.82, 2.24) is 20.5 Å². The number of rotatable bonds is 4. The van der Waals surface area contributed by atoms with Crippen molar-refractivity contribution >= 4 is 11.9 Å². The van der Waals surface area contributed by atoms with Crippen LogP contribution >= 0.6 is 0 Å². The molecule has 1 aliphatic heterocycles. The first-order valence-electron chi connectivity index (χ1n) is 9.38. The molecule has 4 rings (SSSR count). The molecule has 2 atom stereocenters. The van der Waals surface area contributed by atoms with Crippen molar-refractivity contribution in [3.05, 3.63) is 30.1 Å². The topological polar surface area (TPSA) is 74.3 Å². The standard InChI is InChI=1S/C19H26N4O2/c24-17(21-12-14-4-3-8-20-11-14)16-10-19(16)7-9-23(13-19)18(25)22-15-5-1-2-6-15/h3-4,8,11,15-16H,1-2,5-7,9-10,12-13H2,(H,21,24)(H,22,25)/t16-,19-/m0/s1. The Morgan fingerprint density at radius 2 is 2.16 bits per heavy atom. The molecule has 1 saturated heterocycles. The molecule has 0 aromatic carbocycles. The Kier molecular flexibility index (Phi) is 4.36. The molecule has 2 N–H and O–H groups in total. The summed E-state index contributed by atoms with van der Waals surface area (Å²) in [6.45, 7) is 2.01. The van der Waals surface area contributed by atoms with Crippen LogP contribution in [-0.4, -0.2) is 41.0 Å². The number of hydrogen-bond donors (Lipinski definition) is 2. The second kappa shape index (κ2) is 6.65. The zero-order valence-corrected chi connectivity index (χ0v) is 14.5. The molecule has 2 saturated carbocycles. The molecule has 0 bridgehead atoms. The van der Waals surface area contributed by atoms with Crippen molar-refractivity contribution in [3.8, 4) is 0 Å². The van der Waals surface area contributed by atoms with Crippen LogP contribution in [0.1, 0.15) is 44.1 Å². The van der Waals surface area contributed by atoms with Crippen LogP contribution in [0.3, 0.4) is 0 Å². The summed E-state index contributed by atoms with van der Waals surface area (Å²) in [5.74, 6) is 0.162. The Labute approximate surface area is 148 Å². The van der Waals surface area contributed by atoms with E-state index in [2.05, 4.69) is 15.6 Å². The minimum atomic E-state index is 0.0199. The minimum absolute atomic E-state index is 0.0199. The monoisotopic (exact) mass is 342 g/mol. The normalized spacial score (nSPS) is 28.3. The zero-order valence-electron chi connectivity index (χ0n) is 14.5. The fraction of sp³-hybridized carbons (Fsp3) is 0.632. The molecule has 1 aromatic heterocycles. The Morgan fingerprint density at radius 3 is 2.92 bits per heavy atom. The molecule has 1 aromatic rings. The van der Waals surface area contributed by atoms with E-state index < -0.39 is 0 Å². The average Bonchev–Trinajstić information content (AvgIpc) is 2.96. The van der Waals surface area contributed by atoms with Crippen molar-refractivity contribution in [2.45, 2.75) is 51.1 Å². The van der Waals surface area contributed by atoms with Gasteiger partial charge >= 0.3 is 6.03 Å². The number of aromatic nitrogens is 1. The van der Waals surface area contributed by atoms with Gasteiger partial charge in [0.05, 0.1) is 0 Å². The molecule has 25 heavy (non-hydrogen) atoms. The number of pyridine rings is 1. The maximum atomic E-state index is 12.4. The second-order valence-electron chi connectivity index (χ2n) is 7.80. The fourth-order valence-electron chi connectivity index (χ4n) is 4.39. The van der Waals surface area contributed by atoms with E-state index in [4.69, 9.17) is 0 Å². The van der Waals surface area contributed by atoms with Crippen LogP contribution in [0.4, 0.5) is 4.79 Å². The van der Waals surface area contributed by atoms with Crippen molar-refractivity contribution in [3.63, 3.8) is 0 Å². The summed E-state index contributed by atoms with van der Waals surface area (Å²) >= 11 is 0. The number of nitrogens with zero attached hydrogens (tertiary/aromatic N) is 2. The minimum Gasteiger partial charge on any atom is -0.352 e. The quantitative estimate of drug-likeness (QED) is 0.879. The first-order chi connectivity index (χ1) is 12.2. The highest BCUT2D eigenvalue weighted by Gasteiger charge is 2.61. The highest BCUT2D eigenvalue weighted by Crippen LogP contribution is 2.58. The summed E-state index contributed by atoms with van der Waals surface area (Å²) in [5, 5.41) is 6.17. The number of carbonyl (C=O) groups is 2. The first kappa shape index (κ1) is 16.4. The third-order valence-corrected chi connectivity index (χ3v) is 6.05. The summed E-state index contributed by atoms with van der Waals surface area (Å²) < 4.78 is 0. The fourth-order valence-corrected chi connectivity index (χ4v) is 4.39. The average molecular weight is 342 g/mol. The maximum absolute atomic E-state index is 12.4. The molecule has 3 aliphatic rings. The van der Waals surface area contributed by atoms with Gasteiger partial charge in [-0.2, -0.15) is 0 Å². The highest BCUT2D eigenvalue weighted by molar-refractivity contribution is 5.83. The number of carbonyl (C=O) groups excluding carboxylic acids is 2. The van der Waals surface area contributed by atoms with Crippen molar-refractivity contribution < 1.29 is 9.59 Å². The van der Waals surface area contributed by atoms with E-state index in [9.17, 15) is 9.59 Å². The van der Waals surface area contributed by atoms with E-state index >= 15 is 0 Å². The lowest BCUT2D eigenvalue weighted by Gasteiger charge is -2.20. The van der Waals surface area contributed by atoms with Gasteiger partial charge in [-0.15, -0.1) is 0 Å². The van der Waals surface area contributed by atoms with E-state index in [1.807, 2.05) is 17.0 Å². The number of urea groups is 1. The largest absolute Gasteiger partial charge is 0.352 e. The molecular formula is C19H26N4O2. The van der Waals surface area contributed by atoms with Gasteiger partial charge in [-0.1, -0.05) is 18.9 Å². The van der Waals surface area contributed by atoms with Crippen molar-refractivity contribution in [1.29, 1.82) is 0 Å². The van der Waals surface area contributed by atoms with E-state index in [0.29, 0.717) is 12.6 Å². The third-order valence-electron chi connectivity index (χ3n) is 6.05. The number of hydrogen-bond acceptors (Lipinski definition) is 3. The molecule has 2 aliphatic carbocycles. The molecule has 134 valence electrons. The van der Waals surface area contributed by atoms with Gasteiger partial charge in [0.1, 0.15) is 0 Å². The SMILES string of the molecule is O=C(NCc1cccnc1)[C@@H]1C[C@]12CCN(C(=O)NC1CCCC1)C2. The van der Waals surface area contributed by atoms with Crippen LogP contribution in [0.15, 0.2) is 24.5 Å². The Balaban J connectivity index is 1.25. The Hall–Kier alpha value is -2.11. The molecule has 6 nitrogen and oxygen atoms in total. The summed E-state index contributed by atoms with van der Waals surface area (Å²) in [5.41, 5.74) is 1.03. The predicted molar refractivity (Wildman–Crippen MR) is 93.6 cm³/mol. The molecule has 3 fully saturated rings. The van der Waals surface area contributed by atoms with Crippen molar-refractivity contribution in [2.75, 3.05) is 13.1 Å². The molecule has 6 heteroatoms. The molecule has 0 radical (unpaired) electrons. The van der Waals surface area contributed by atoms with Crippen molar-refractivity contribution in [2.24, 2.45) is 11.3 Å². The van der Waals surface area contributed by atoms with Crippen LogP contribution < -0.4 is 10.6 Å². The van der Waals surface area contributed by atoms with E-state index in [1.54, 1.807) is 12.4 Å². The van der Waals surface area contributed by atoms with Gasteiger partial charge in [0.15, 0.2) is 0 Å². The van der Waals surface area contributed by atoms with Gasteiger partial charge in [-0.3, -0.25) is 9.78 Å². The molecule has 1 spiro atoms. The molecule has 3 amide bonds. The van der Waals surface area contributed by atoms with Gasteiger partial charge < -0.3 is 15.5 Å². The van der Waals surface area contributed by atoms with E-state index in [1.165, 1.54) is 12.8 Å². The smallest absolute Gasteiger partial charge is 0.317 e. The Morgan fingerprint density at radius 1 is 1.32 bits per heavy atom. The molecule has 0 unspecified atom stereocenters. The number of nitrogens with one attached hydrogen (secondary N) is 2. The summed E-state index contributed by atoms with van der Waals surface area (Å²) in [7, 11) is 0. The maximum Gasteiger partial charge on any atom is 0.317 e. The number of likely N-dealkylation sites (tertiary alicyclic amines) is 1. The van der Waals surface area contributed by atoms with Gasteiger partial charge in [-0.05, 0) is 37.3 Å². The lowest BCUT2D eigenvalue weighted by atomic mass is 10.0. The predicted octanol–water partition coefficient (Wildman–Crippen LogP) is 2.06. The number of amides is 3.